The molecule has 0 bridgehead atoms. The smallest absolute Gasteiger partial charge is 0.394 e. The lowest BCUT2D eigenvalue weighted by atomic mass is 9.97. The van der Waals surface area contributed by atoms with Crippen LogP contribution < -0.4 is 9.47 Å². The molecule has 38 heavy (non-hydrogen) atoms. The van der Waals surface area contributed by atoms with Gasteiger partial charge in [-0.15, -0.1) is 0 Å². The van der Waals surface area contributed by atoms with Gasteiger partial charge in [-0.2, -0.15) is 26.3 Å². The van der Waals surface area contributed by atoms with E-state index in [-0.39, 0.29) is 22.3 Å². The summed E-state index contributed by atoms with van der Waals surface area (Å²) in [6.45, 7) is 3.54. The third-order valence-corrected chi connectivity index (χ3v) is 5.73. The highest BCUT2D eigenvalue weighted by Gasteiger charge is 2.40. The van der Waals surface area contributed by atoms with Gasteiger partial charge in [0.25, 0.3) is 0 Å². The van der Waals surface area contributed by atoms with Crippen LogP contribution in [0.1, 0.15) is 22.3 Å². The number of carbonyl (C=O) groups is 1. The molecule has 0 spiro atoms. The molecule has 0 aromatic heterocycles. The SMILES string of the molecule is Cc1ccc(-c2cccc(OC(=O)Oc3cccc(-c4ccc(C)cc4)c3C(F)(F)F)c2C(F)(F)F)cc1. The Bertz CT molecular complexity index is 1340. The fraction of sp³-hybridized carbons (Fsp3) is 0.138. The Morgan fingerprint density at radius 1 is 0.553 bits per heavy atom. The van der Waals surface area contributed by atoms with E-state index in [0.29, 0.717) is 0 Å². The second-order valence-electron chi connectivity index (χ2n) is 8.54. The van der Waals surface area contributed by atoms with E-state index in [1.54, 1.807) is 38.1 Å². The van der Waals surface area contributed by atoms with E-state index in [1.165, 1.54) is 48.5 Å². The van der Waals surface area contributed by atoms with E-state index in [0.717, 1.165) is 23.3 Å². The van der Waals surface area contributed by atoms with Crippen molar-refractivity contribution in [1.29, 1.82) is 0 Å². The molecule has 0 saturated heterocycles. The van der Waals surface area contributed by atoms with Crippen LogP contribution in [-0.2, 0) is 12.4 Å². The monoisotopic (exact) mass is 530 g/mol. The molecule has 0 aliphatic carbocycles. The molecule has 0 fully saturated rings. The first kappa shape index (κ1) is 26.8. The molecule has 0 atom stereocenters. The Kier molecular flexibility index (Phi) is 7.22. The van der Waals surface area contributed by atoms with Gasteiger partial charge in [-0.1, -0.05) is 83.9 Å². The van der Waals surface area contributed by atoms with E-state index in [9.17, 15) is 31.1 Å². The van der Waals surface area contributed by atoms with Gasteiger partial charge >= 0.3 is 18.5 Å². The van der Waals surface area contributed by atoms with Crippen LogP contribution >= 0.6 is 0 Å². The molecular weight excluding hydrogens is 510 g/mol. The summed E-state index contributed by atoms with van der Waals surface area (Å²) in [5.41, 5.74) is -0.965. The molecule has 4 aromatic carbocycles. The van der Waals surface area contributed by atoms with E-state index in [4.69, 9.17) is 9.47 Å². The minimum atomic E-state index is -4.94. The average molecular weight is 530 g/mol. The van der Waals surface area contributed by atoms with E-state index in [2.05, 4.69) is 0 Å². The highest BCUT2D eigenvalue weighted by Crippen LogP contribution is 2.45. The summed E-state index contributed by atoms with van der Waals surface area (Å²) in [6, 6.07) is 19.1. The molecule has 0 unspecified atom stereocenters. The topological polar surface area (TPSA) is 35.5 Å². The first-order valence-corrected chi connectivity index (χ1v) is 11.3. The molecule has 4 rings (SSSR count). The number of aryl methyl sites for hydroxylation is 2. The molecule has 0 radical (unpaired) electrons. The summed E-state index contributed by atoms with van der Waals surface area (Å²) in [4.78, 5) is 12.5. The minimum absolute atomic E-state index is 0.215. The molecule has 3 nitrogen and oxygen atoms in total. The molecule has 0 saturated carbocycles. The Balaban J connectivity index is 1.71. The number of hydrogen-bond acceptors (Lipinski definition) is 3. The van der Waals surface area contributed by atoms with Crippen molar-refractivity contribution in [3.63, 3.8) is 0 Å². The summed E-state index contributed by atoms with van der Waals surface area (Å²) in [5.74, 6) is -1.80. The van der Waals surface area contributed by atoms with Crippen molar-refractivity contribution in [2.75, 3.05) is 0 Å². The fourth-order valence-corrected chi connectivity index (χ4v) is 3.96. The van der Waals surface area contributed by atoms with Crippen molar-refractivity contribution in [1.82, 2.24) is 0 Å². The quantitative estimate of drug-likeness (QED) is 0.150. The number of benzene rings is 4. The largest absolute Gasteiger partial charge is 0.519 e. The standard InChI is InChI=1S/C29H20F6O3/c1-17-9-13-19(14-10-17)21-5-3-7-23(25(21)28(30,31)32)37-27(36)38-24-8-4-6-22(26(24)29(33,34)35)20-15-11-18(2)12-16-20/h3-16H,1-2H3. The molecule has 0 amide bonds. The van der Waals surface area contributed by atoms with Gasteiger partial charge < -0.3 is 9.47 Å². The maximum absolute atomic E-state index is 14.1. The van der Waals surface area contributed by atoms with Crippen molar-refractivity contribution in [2.45, 2.75) is 26.2 Å². The summed E-state index contributed by atoms with van der Waals surface area (Å²) in [5, 5.41) is 0. The van der Waals surface area contributed by atoms with Gasteiger partial charge in [-0.3, -0.25) is 0 Å². The van der Waals surface area contributed by atoms with Crippen molar-refractivity contribution < 1.29 is 40.6 Å². The molecule has 4 aromatic rings. The van der Waals surface area contributed by atoms with E-state index >= 15 is 0 Å². The zero-order valence-electron chi connectivity index (χ0n) is 20.1. The van der Waals surface area contributed by atoms with Gasteiger partial charge in [0.2, 0.25) is 0 Å². The van der Waals surface area contributed by atoms with Crippen molar-refractivity contribution in [3.05, 3.63) is 107 Å². The first-order valence-electron chi connectivity index (χ1n) is 11.3. The van der Waals surface area contributed by atoms with E-state index < -0.39 is 41.1 Å². The number of hydrogen-bond donors (Lipinski definition) is 0. The van der Waals surface area contributed by atoms with Crippen LogP contribution in [0.25, 0.3) is 22.3 Å². The molecule has 0 aliphatic heterocycles. The van der Waals surface area contributed by atoms with Crippen LogP contribution in [0, 0.1) is 13.8 Å². The van der Waals surface area contributed by atoms with Gasteiger partial charge in [-0.25, -0.2) is 4.79 Å². The lowest BCUT2D eigenvalue weighted by molar-refractivity contribution is -0.138. The molecule has 0 N–H and O–H groups in total. The number of halogens is 6. The van der Waals surface area contributed by atoms with Gasteiger partial charge in [-0.05, 0) is 48.2 Å². The van der Waals surface area contributed by atoms with Gasteiger partial charge in [0.05, 0.1) is 0 Å². The molecule has 196 valence electrons. The maximum Gasteiger partial charge on any atom is 0.519 e. The number of alkyl halides is 6. The van der Waals surface area contributed by atoms with Crippen LogP contribution in [0.15, 0.2) is 84.9 Å². The summed E-state index contributed by atoms with van der Waals surface area (Å²) < 4.78 is 94.0. The van der Waals surface area contributed by atoms with Crippen molar-refractivity contribution >= 4 is 6.16 Å². The number of carbonyl (C=O) groups excluding carboxylic acids is 1. The predicted octanol–water partition coefficient (Wildman–Crippen LogP) is 9.25. The highest BCUT2D eigenvalue weighted by atomic mass is 19.4. The second-order valence-corrected chi connectivity index (χ2v) is 8.54. The first-order chi connectivity index (χ1) is 17.8. The van der Waals surface area contributed by atoms with E-state index in [1.807, 2.05) is 0 Å². The summed E-state index contributed by atoms with van der Waals surface area (Å²) in [6.07, 6.45) is -11.6. The third kappa shape index (κ3) is 5.82. The number of rotatable bonds is 4. The van der Waals surface area contributed by atoms with Crippen molar-refractivity contribution in [3.8, 4) is 33.8 Å². The number of ether oxygens (including phenoxy) is 2. The maximum atomic E-state index is 14.1. The normalized spacial score (nSPS) is 11.8. The third-order valence-electron chi connectivity index (χ3n) is 5.73. The van der Waals surface area contributed by atoms with Crippen molar-refractivity contribution in [2.24, 2.45) is 0 Å². The molecular formula is C29H20F6O3. The lowest BCUT2D eigenvalue weighted by Gasteiger charge is -2.19. The molecule has 0 aliphatic rings. The Labute approximate surface area is 214 Å². The Morgan fingerprint density at radius 2 is 0.895 bits per heavy atom. The van der Waals surface area contributed by atoms with Crippen LogP contribution in [0.4, 0.5) is 31.1 Å². The van der Waals surface area contributed by atoms with Gasteiger partial charge in [0.1, 0.15) is 22.6 Å². The second kappa shape index (κ2) is 10.2. The average Bonchev–Trinajstić information content (AvgIpc) is 2.83. The zero-order chi connectivity index (χ0) is 27.7. The Morgan fingerprint density at radius 3 is 1.21 bits per heavy atom. The highest BCUT2D eigenvalue weighted by molar-refractivity contribution is 5.76. The lowest BCUT2D eigenvalue weighted by Crippen LogP contribution is -2.20. The summed E-state index contributed by atoms with van der Waals surface area (Å²) in [7, 11) is 0. The minimum Gasteiger partial charge on any atom is -0.394 e. The van der Waals surface area contributed by atoms with Gasteiger partial charge in [0.15, 0.2) is 0 Å². The van der Waals surface area contributed by atoms with Gasteiger partial charge in [0, 0.05) is 0 Å². The Hall–Kier alpha value is -4.27. The van der Waals surface area contributed by atoms with Crippen LogP contribution in [-0.4, -0.2) is 6.16 Å². The zero-order valence-corrected chi connectivity index (χ0v) is 20.1. The molecule has 0 heterocycles. The fourth-order valence-electron chi connectivity index (χ4n) is 3.96. The predicted molar refractivity (Wildman–Crippen MR) is 130 cm³/mol. The molecule has 9 heteroatoms. The van der Waals surface area contributed by atoms with Crippen LogP contribution in [0.5, 0.6) is 11.5 Å². The van der Waals surface area contributed by atoms with Crippen LogP contribution in [0.3, 0.4) is 0 Å². The van der Waals surface area contributed by atoms with Crippen LogP contribution in [0.2, 0.25) is 0 Å². The summed E-state index contributed by atoms with van der Waals surface area (Å²) >= 11 is 0.